The van der Waals surface area contributed by atoms with Crippen LogP contribution in [0, 0.1) is 0 Å². The molecule has 3 nitrogen and oxygen atoms in total. The van der Waals surface area contributed by atoms with Crippen molar-refractivity contribution in [1.29, 1.82) is 0 Å². The first-order valence-electron chi connectivity index (χ1n) is 5.40. The van der Waals surface area contributed by atoms with Crippen LogP contribution in [0.15, 0.2) is 12.7 Å². The van der Waals surface area contributed by atoms with Gasteiger partial charge in [0.25, 0.3) is 0 Å². The molecule has 0 fully saturated rings. The zero-order valence-electron chi connectivity index (χ0n) is 9.31. The number of hydrogen-bond acceptors (Lipinski definition) is 2. The second kappa shape index (κ2) is 8.75. The molecule has 0 heterocycles. The molecule has 0 rings (SSSR count). The third-order valence-electron chi connectivity index (χ3n) is 1.99. The van der Waals surface area contributed by atoms with Gasteiger partial charge >= 0.3 is 0 Å². The number of unbranched alkanes of at least 4 members (excludes halogenated alkanes) is 1. The number of carbonyl (C=O) groups excluding carboxylic acids is 1. The van der Waals surface area contributed by atoms with Gasteiger partial charge in [-0.05, 0) is 25.5 Å². The predicted molar refractivity (Wildman–Crippen MR) is 59.9 cm³/mol. The summed E-state index contributed by atoms with van der Waals surface area (Å²) in [5.41, 5.74) is 0. The van der Waals surface area contributed by atoms with Gasteiger partial charge in [0.1, 0.15) is 0 Å². The molecule has 0 aromatic heterocycles. The Morgan fingerprint density at radius 2 is 2.14 bits per heavy atom. The average molecular weight is 198 g/mol. The van der Waals surface area contributed by atoms with Gasteiger partial charge < -0.3 is 5.32 Å². The van der Waals surface area contributed by atoms with Crippen LogP contribution in [0.1, 0.15) is 39.5 Å². The molecular weight excluding hydrogens is 176 g/mol. The lowest BCUT2D eigenvalue weighted by atomic mass is 10.2. The maximum Gasteiger partial charge on any atom is 0.244 e. The molecule has 1 atom stereocenters. The monoisotopic (exact) mass is 198 g/mol. The van der Waals surface area contributed by atoms with E-state index in [2.05, 4.69) is 31.1 Å². The van der Waals surface area contributed by atoms with Crippen LogP contribution in [0.4, 0.5) is 0 Å². The van der Waals surface area contributed by atoms with Crippen LogP contribution in [-0.4, -0.2) is 18.6 Å². The molecular formula is C11H22N2O. The summed E-state index contributed by atoms with van der Waals surface area (Å²) in [6, 6.07) is 0. The van der Waals surface area contributed by atoms with Crippen molar-refractivity contribution < 1.29 is 4.79 Å². The van der Waals surface area contributed by atoms with Crippen molar-refractivity contribution in [3.63, 3.8) is 0 Å². The van der Waals surface area contributed by atoms with E-state index in [9.17, 15) is 4.79 Å². The summed E-state index contributed by atoms with van der Waals surface area (Å²) in [6.07, 6.45) is 5.74. The molecule has 0 bridgehead atoms. The van der Waals surface area contributed by atoms with Gasteiger partial charge in [0.05, 0.1) is 6.17 Å². The van der Waals surface area contributed by atoms with Crippen LogP contribution in [0.5, 0.6) is 0 Å². The summed E-state index contributed by atoms with van der Waals surface area (Å²) in [5, 5.41) is 6.16. The third kappa shape index (κ3) is 6.66. The number of hydrogen-bond donors (Lipinski definition) is 2. The first-order valence-corrected chi connectivity index (χ1v) is 5.40. The zero-order chi connectivity index (χ0) is 10.8. The number of nitrogens with one attached hydrogen (secondary N) is 2. The molecule has 0 aliphatic rings. The molecule has 0 aromatic rings. The van der Waals surface area contributed by atoms with Crippen molar-refractivity contribution in [3.8, 4) is 0 Å². The van der Waals surface area contributed by atoms with E-state index < -0.39 is 0 Å². The van der Waals surface area contributed by atoms with Gasteiger partial charge in [0.2, 0.25) is 5.91 Å². The van der Waals surface area contributed by atoms with E-state index in [-0.39, 0.29) is 12.1 Å². The van der Waals surface area contributed by atoms with Crippen LogP contribution >= 0.6 is 0 Å². The largest absolute Gasteiger partial charge is 0.337 e. The van der Waals surface area contributed by atoms with E-state index in [4.69, 9.17) is 0 Å². The van der Waals surface area contributed by atoms with E-state index >= 15 is 0 Å². The fourth-order valence-electron chi connectivity index (χ4n) is 1.18. The maximum absolute atomic E-state index is 11.1. The van der Waals surface area contributed by atoms with Crippen LogP contribution in [0.25, 0.3) is 0 Å². The third-order valence-corrected chi connectivity index (χ3v) is 1.99. The van der Waals surface area contributed by atoms with Gasteiger partial charge in [0, 0.05) is 0 Å². The Kier molecular flexibility index (Phi) is 8.24. The van der Waals surface area contributed by atoms with Crippen molar-refractivity contribution in [2.24, 2.45) is 0 Å². The lowest BCUT2D eigenvalue weighted by Crippen LogP contribution is -2.45. The van der Waals surface area contributed by atoms with Crippen molar-refractivity contribution in [3.05, 3.63) is 12.7 Å². The average Bonchev–Trinajstić information content (AvgIpc) is 2.21. The highest BCUT2D eigenvalue weighted by Crippen LogP contribution is 1.98. The van der Waals surface area contributed by atoms with Crippen molar-refractivity contribution in [2.75, 3.05) is 6.54 Å². The van der Waals surface area contributed by atoms with E-state index in [1.54, 1.807) is 0 Å². The van der Waals surface area contributed by atoms with Crippen molar-refractivity contribution in [2.45, 2.75) is 45.7 Å². The van der Waals surface area contributed by atoms with E-state index in [0.717, 1.165) is 32.2 Å². The minimum absolute atomic E-state index is 0.0976. The Bertz CT molecular complexity index is 161. The summed E-state index contributed by atoms with van der Waals surface area (Å²) < 4.78 is 0. The first-order chi connectivity index (χ1) is 6.74. The van der Waals surface area contributed by atoms with Gasteiger partial charge in [0.15, 0.2) is 0 Å². The molecule has 1 unspecified atom stereocenters. The Balaban J connectivity index is 3.82. The minimum atomic E-state index is -0.102. The highest BCUT2D eigenvalue weighted by molar-refractivity contribution is 5.87. The van der Waals surface area contributed by atoms with Crippen LogP contribution in [0.2, 0.25) is 0 Å². The lowest BCUT2D eigenvalue weighted by Gasteiger charge is -2.18. The predicted octanol–water partition coefficient (Wildman–Crippen LogP) is 1.80. The Hall–Kier alpha value is -0.830. The number of amides is 1. The molecule has 1 amide bonds. The number of rotatable bonds is 8. The molecule has 0 saturated carbocycles. The SMILES string of the molecule is C=CC(=O)NC(CCCC)NCCC. The van der Waals surface area contributed by atoms with Crippen molar-refractivity contribution in [1.82, 2.24) is 10.6 Å². The second-order valence-corrected chi connectivity index (χ2v) is 3.36. The highest BCUT2D eigenvalue weighted by atomic mass is 16.1. The van der Waals surface area contributed by atoms with E-state index in [0.29, 0.717) is 0 Å². The summed E-state index contributed by atoms with van der Waals surface area (Å²) >= 11 is 0. The molecule has 0 spiro atoms. The van der Waals surface area contributed by atoms with Gasteiger partial charge in [-0.3, -0.25) is 10.1 Å². The molecule has 0 aromatic carbocycles. The molecule has 82 valence electrons. The summed E-state index contributed by atoms with van der Waals surface area (Å²) in [5.74, 6) is -0.102. The standard InChI is InChI=1S/C11H22N2O/c1-4-7-8-10(12-9-5-2)13-11(14)6-3/h6,10,12H,3-5,7-9H2,1-2H3,(H,13,14). The molecule has 14 heavy (non-hydrogen) atoms. The zero-order valence-corrected chi connectivity index (χ0v) is 9.31. The van der Waals surface area contributed by atoms with Crippen LogP contribution in [-0.2, 0) is 4.79 Å². The summed E-state index contributed by atoms with van der Waals surface area (Å²) in [6.45, 7) is 8.63. The van der Waals surface area contributed by atoms with E-state index in [1.165, 1.54) is 6.08 Å². The molecule has 0 saturated heterocycles. The summed E-state index contributed by atoms with van der Waals surface area (Å²) in [4.78, 5) is 11.1. The lowest BCUT2D eigenvalue weighted by molar-refractivity contribution is -0.117. The Morgan fingerprint density at radius 1 is 1.43 bits per heavy atom. The molecule has 0 aliphatic heterocycles. The fraction of sp³-hybridized carbons (Fsp3) is 0.727. The smallest absolute Gasteiger partial charge is 0.244 e. The Morgan fingerprint density at radius 3 is 2.64 bits per heavy atom. The topological polar surface area (TPSA) is 41.1 Å². The van der Waals surface area contributed by atoms with Gasteiger partial charge in [-0.2, -0.15) is 0 Å². The van der Waals surface area contributed by atoms with Gasteiger partial charge in [-0.1, -0.05) is 33.3 Å². The minimum Gasteiger partial charge on any atom is -0.337 e. The van der Waals surface area contributed by atoms with Crippen LogP contribution in [0.3, 0.4) is 0 Å². The van der Waals surface area contributed by atoms with Crippen molar-refractivity contribution >= 4 is 5.91 Å². The molecule has 0 aliphatic carbocycles. The molecule has 0 radical (unpaired) electrons. The molecule has 2 N–H and O–H groups in total. The van der Waals surface area contributed by atoms with Gasteiger partial charge in [-0.15, -0.1) is 0 Å². The van der Waals surface area contributed by atoms with Gasteiger partial charge in [-0.25, -0.2) is 0 Å². The second-order valence-electron chi connectivity index (χ2n) is 3.36. The summed E-state index contributed by atoms with van der Waals surface area (Å²) in [7, 11) is 0. The highest BCUT2D eigenvalue weighted by Gasteiger charge is 2.07. The maximum atomic E-state index is 11.1. The Labute approximate surface area is 87.0 Å². The fourth-order valence-corrected chi connectivity index (χ4v) is 1.18. The van der Waals surface area contributed by atoms with E-state index in [1.807, 2.05) is 0 Å². The molecule has 3 heteroatoms. The quantitative estimate of drug-likeness (QED) is 0.461. The first kappa shape index (κ1) is 13.2. The number of carbonyl (C=O) groups is 1. The normalized spacial score (nSPS) is 12.1. The van der Waals surface area contributed by atoms with Crippen LogP contribution < -0.4 is 10.6 Å².